The van der Waals surface area contributed by atoms with Gasteiger partial charge in [-0.25, -0.2) is 4.98 Å². The van der Waals surface area contributed by atoms with E-state index in [0.29, 0.717) is 29.1 Å². The van der Waals surface area contributed by atoms with Crippen LogP contribution in [0.3, 0.4) is 0 Å². The van der Waals surface area contributed by atoms with Crippen molar-refractivity contribution in [1.82, 2.24) is 10.3 Å². The van der Waals surface area contributed by atoms with Crippen LogP contribution in [0.15, 0.2) is 22.9 Å². The van der Waals surface area contributed by atoms with E-state index in [4.69, 9.17) is 5.11 Å². The van der Waals surface area contributed by atoms with Gasteiger partial charge < -0.3 is 10.4 Å². The Morgan fingerprint density at radius 2 is 2.20 bits per heavy atom. The number of carbonyl (C=O) groups excluding carboxylic acids is 1. The molecule has 0 aliphatic heterocycles. The number of amides is 1. The van der Waals surface area contributed by atoms with E-state index in [0.717, 1.165) is 12.8 Å². The highest BCUT2D eigenvalue weighted by Crippen LogP contribution is 2.15. The topological polar surface area (TPSA) is 79.3 Å². The average molecular weight is 343 g/mol. The summed E-state index contributed by atoms with van der Waals surface area (Å²) in [7, 11) is 0. The van der Waals surface area contributed by atoms with E-state index in [1.54, 1.807) is 18.3 Å². The molecule has 6 heteroatoms. The molecule has 0 bridgehead atoms. The minimum atomic E-state index is -0.769. The summed E-state index contributed by atoms with van der Waals surface area (Å²) in [6, 6.07) is 3.32. The molecule has 5 nitrogen and oxygen atoms in total. The van der Waals surface area contributed by atoms with Crippen LogP contribution in [0.1, 0.15) is 43.0 Å². The summed E-state index contributed by atoms with van der Waals surface area (Å²) in [5.74, 6) is -0.578. The van der Waals surface area contributed by atoms with Crippen LogP contribution in [-0.2, 0) is 4.79 Å². The van der Waals surface area contributed by atoms with Gasteiger partial charge in [-0.05, 0) is 46.8 Å². The van der Waals surface area contributed by atoms with Crippen molar-refractivity contribution < 1.29 is 14.7 Å². The number of carbonyl (C=O) groups is 2. The number of aromatic nitrogens is 1. The summed E-state index contributed by atoms with van der Waals surface area (Å²) in [6.07, 6.45) is 4.12. The van der Waals surface area contributed by atoms with Gasteiger partial charge in [0, 0.05) is 24.7 Å². The van der Waals surface area contributed by atoms with Crippen molar-refractivity contribution in [3.8, 4) is 0 Å². The zero-order valence-corrected chi connectivity index (χ0v) is 13.0. The predicted molar refractivity (Wildman–Crippen MR) is 79.5 cm³/mol. The van der Waals surface area contributed by atoms with Crippen LogP contribution in [-0.4, -0.2) is 28.5 Å². The maximum absolute atomic E-state index is 11.9. The highest BCUT2D eigenvalue weighted by Gasteiger charge is 2.10. The van der Waals surface area contributed by atoms with Gasteiger partial charge in [0.15, 0.2) is 0 Å². The van der Waals surface area contributed by atoms with E-state index in [1.807, 2.05) is 6.92 Å². The second kappa shape index (κ2) is 8.68. The molecule has 0 aromatic carbocycles. The lowest BCUT2D eigenvalue weighted by molar-refractivity contribution is -0.137. The van der Waals surface area contributed by atoms with Crippen LogP contribution in [0.2, 0.25) is 0 Å². The molecule has 0 aliphatic rings. The van der Waals surface area contributed by atoms with Gasteiger partial charge in [0.2, 0.25) is 0 Å². The van der Waals surface area contributed by atoms with Crippen molar-refractivity contribution in [3.63, 3.8) is 0 Å². The summed E-state index contributed by atoms with van der Waals surface area (Å²) in [5.41, 5.74) is 0.561. The van der Waals surface area contributed by atoms with Crippen molar-refractivity contribution in [2.45, 2.75) is 32.6 Å². The van der Waals surface area contributed by atoms with Crippen LogP contribution in [0.5, 0.6) is 0 Å². The Bertz CT molecular complexity index is 465. The maximum Gasteiger partial charge on any atom is 0.303 e. The molecule has 0 aliphatic carbocycles. The lowest BCUT2D eigenvalue weighted by atomic mass is 9.96. The SMILES string of the molecule is CCC(CCNC(=O)c1ccnc(Br)c1)CCC(=O)O. The van der Waals surface area contributed by atoms with Gasteiger partial charge in [-0.15, -0.1) is 0 Å². The van der Waals surface area contributed by atoms with Gasteiger partial charge in [-0.1, -0.05) is 13.3 Å². The molecule has 2 N–H and O–H groups in total. The minimum Gasteiger partial charge on any atom is -0.481 e. The molecule has 1 rings (SSSR count). The minimum absolute atomic E-state index is 0.138. The van der Waals surface area contributed by atoms with Crippen LogP contribution in [0.25, 0.3) is 0 Å². The third-order valence-electron chi connectivity index (χ3n) is 3.17. The largest absolute Gasteiger partial charge is 0.481 e. The molecule has 1 atom stereocenters. The first-order valence-electron chi connectivity index (χ1n) is 6.64. The zero-order valence-electron chi connectivity index (χ0n) is 11.4. The average Bonchev–Trinajstić information content (AvgIpc) is 2.42. The van der Waals surface area contributed by atoms with Gasteiger partial charge in [-0.2, -0.15) is 0 Å². The first-order valence-corrected chi connectivity index (χ1v) is 7.43. The smallest absolute Gasteiger partial charge is 0.303 e. The Morgan fingerprint density at radius 3 is 2.80 bits per heavy atom. The Hall–Kier alpha value is -1.43. The van der Waals surface area contributed by atoms with Gasteiger partial charge in [0.1, 0.15) is 4.60 Å². The van der Waals surface area contributed by atoms with Crippen molar-refractivity contribution in [2.75, 3.05) is 6.54 Å². The number of carboxylic acid groups (broad SMARTS) is 1. The Balaban J connectivity index is 2.35. The van der Waals surface area contributed by atoms with Crippen molar-refractivity contribution >= 4 is 27.8 Å². The van der Waals surface area contributed by atoms with Gasteiger partial charge >= 0.3 is 5.97 Å². The lowest BCUT2D eigenvalue weighted by Gasteiger charge is -2.14. The lowest BCUT2D eigenvalue weighted by Crippen LogP contribution is -2.26. The summed E-state index contributed by atoms with van der Waals surface area (Å²) in [4.78, 5) is 26.4. The molecule has 1 heterocycles. The summed E-state index contributed by atoms with van der Waals surface area (Å²) >= 11 is 3.22. The second-order valence-corrected chi connectivity index (χ2v) is 5.43. The molecule has 110 valence electrons. The van der Waals surface area contributed by atoms with E-state index in [1.165, 1.54) is 0 Å². The number of halogens is 1. The number of nitrogens with one attached hydrogen (secondary N) is 1. The first kappa shape index (κ1) is 16.6. The normalized spacial score (nSPS) is 11.9. The zero-order chi connectivity index (χ0) is 15.0. The Labute approximate surface area is 126 Å². The number of nitrogens with zero attached hydrogens (tertiary/aromatic N) is 1. The molecule has 0 saturated heterocycles. The van der Waals surface area contributed by atoms with Crippen LogP contribution < -0.4 is 5.32 Å². The Kier molecular flexibility index (Phi) is 7.22. The van der Waals surface area contributed by atoms with Gasteiger partial charge in [0.25, 0.3) is 5.91 Å². The summed E-state index contributed by atoms with van der Waals surface area (Å²) in [6.45, 7) is 2.59. The quantitative estimate of drug-likeness (QED) is 0.712. The number of rotatable bonds is 8. The van der Waals surface area contributed by atoms with Gasteiger partial charge in [0.05, 0.1) is 0 Å². The standard InChI is InChI=1S/C14H19BrN2O3/c1-2-10(3-4-13(18)19)5-7-17-14(20)11-6-8-16-12(15)9-11/h6,8-10H,2-5,7H2,1H3,(H,17,20)(H,18,19). The fourth-order valence-electron chi connectivity index (χ4n) is 1.92. The van der Waals surface area contributed by atoms with E-state index in [2.05, 4.69) is 26.2 Å². The van der Waals surface area contributed by atoms with Crippen LogP contribution in [0.4, 0.5) is 0 Å². The third-order valence-corrected chi connectivity index (χ3v) is 3.60. The molecule has 1 amide bonds. The van der Waals surface area contributed by atoms with E-state index in [-0.39, 0.29) is 12.3 Å². The number of hydrogen-bond acceptors (Lipinski definition) is 3. The molecule has 20 heavy (non-hydrogen) atoms. The molecule has 0 spiro atoms. The third kappa shape index (κ3) is 6.14. The fourth-order valence-corrected chi connectivity index (χ4v) is 2.28. The second-order valence-electron chi connectivity index (χ2n) is 4.62. The highest BCUT2D eigenvalue weighted by molar-refractivity contribution is 9.10. The molecule has 0 fully saturated rings. The molecule has 1 aromatic heterocycles. The van der Waals surface area contributed by atoms with E-state index >= 15 is 0 Å². The highest BCUT2D eigenvalue weighted by atomic mass is 79.9. The fraction of sp³-hybridized carbons (Fsp3) is 0.500. The van der Waals surface area contributed by atoms with Crippen LogP contribution >= 0.6 is 15.9 Å². The molecule has 0 radical (unpaired) electrons. The van der Waals surface area contributed by atoms with Crippen molar-refractivity contribution in [1.29, 1.82) is 0 Å². The predicted octanol–water partition coefficient (Wildman–Crippen LogP) is 2.86. The maximum atomic E-state index is 11.9. The van der Waals surface area contributed by atoms with E-state index in [9.17, 15) is 9.59 Å². The van der Waals surface area contributed by atoms with Crippen LogP contribution in [0, 0.1) is 5.92 Å². The van der Waals surface area contributed by atoms with E-state index < -0.39 is 5.97 Å². The summed E-state index contributed by atoms with van der Waals surface area (Å²) in [5, 5.41) is 11.5. The number of pyridine rings is 1. The summed E-state index contributed by atoms with van der Waals surface area (Å²) < 4.78 is 0.623. The monoisotopic (exact) mass is 342 g/mol. The number of carboxylic acids is 1. The molecule has 1 unspecified atom stereocenters. The number of hydrogen-bond donors (Lipinski definition) is 2. The molecule has 1 aromatic rings. The molecular formula is C14H19BrN2O3. The Morgan fingerprint density at radius 1 is 1.45 bits per heavy atom. The van der Waals surface area contributed by atoms with Gasteiger partial charge in [-0.3, -0.25) is 9.59 Å². The number of aliphatic carboxylic acids is 1. The van der Waals surface area contributed by atoms with Crippen molar-refractivity contribution in [3.05, 3.63) is 28.5 Å². The molecule has 0 saturated carbocycles. The van der Waals surface area contributed by atoms with Crippen molar-refractivity contribution in [2.24, 2.45) is 5.92 Å². The first-order chi connectivity index (χ1) is 9.52. The molecular weight excluding hydrogens is 324 g/mol.